The van der Waals surface area contributed by atoms with E-state index in [-0.39, 0.29) is 18.9 Å². The van der Waals surface area contributed by atoms with Crippen molar-refractivity contribution in [3.05, 3.63) is 71.8 Å². The number of ketones is 1. The average molecular weight is 354 g/mol. The van der Waals surface area contributed by atoms with Crippen LogP contribution in [0.4, 0.5) is 4.79 Å². The summed E-state index contributed by atoms with van der Waals surface area (Å²) in [7, 11) is 0. The Morgan fingerprint density at radius 1 is 0.923 bits per heavy atom. The molecule has 0 saturated carbocycles. The Bertz CT molecular complexity index is 732. The summed E-state index contributed by atoms with van der Waals surface area (Å²) >= 11 is 0. The lowest BCUT2D eigenvalue weighted by atomic mass is 10.1. The summed E-state index contributed by atoms with van der Waals surface area (Å²) in [4.78, 5) is 35.5. The van der Waals surface area contributed by atoms with Crippen molar-refractivity contribution in [3.63, 3.8) is 0 Å². The lowest BCUT2D eigenvalue weighted by Gasteiger charge is -2.18. The Balaban J connectivity index is 1.96. The van der Waals surface area contributed by atoms with Crippen molar-refractivity contribution < 1.29 is 19.1 Å². The fraction of sp³-hybridized carbons (Fsp3) is 0.250. The SMILES string of the molecule is CC(=O)CNC(=O)[C@H](Cc1ccccc1)NC(=O)OCc1ccccc1. The van der Waals surface area contributed by atoms with Crippen molar-refractivity contribution in [2.75, 3.05) is 6.54 Å². The summed E-state index contributed by atoms with van der Waals surface area (Å²) in [6.45, 7) is 1.42. The molecule has 6 nitrogen and oxygen atoms in total. The maximum Gasteiger partial charge on any atom is 0.408 e. The third kappa shape index (κ3) is 6.76. The van der Waals surface area contributed by atoms with Crippen LogP contribution < -0.4 is 10.6 Å². The van der Waals surface area contributed by atoms with Crippen LogP contribution in [0.15, 0.2) is 60.7 Å². The Kier molecular flexibility index (Phi) is 7.36. The predicted octanol–water partition coefficient (Wildman–Crippen LogP) is 2.23. The molecule has 136 valence electrons. The van der Waals surface area contributed by atoms with Crippen LogP contribution in [-0.4, -0.2) is 30.4 Å². The number of ether oxygens (including phenoxy) is 1. The molecular weight excluding hydrogens is 332 g/mol. The van der Waals surface area contributed by atoms with Gasteiger partial charge in [-0.25, -0.2) is 4.79 Å². The Labute approximate surface area is 152 Å². The van der Waals surface area contributed by atoms with Crippen LogP contribution in [0.25, 0.3) is 0 Å². The van der Waals surface area contributed by atoms with Gasteiger partial charge in [0.05, 0.1) is 6.54 Å². The smallest absolute Gasteiger partial charge is 0.408 e. The molecule has 0 fully saturated rings. The van der Waals surface area contributed by atoms with Gasteiger partial charge in [-0.15, -0.1) is 0 Å². The number of nitrogens with one attached hydrogen (secondary N) is 2. The molecule has 1 atom stereocenters. The molecular formula is C20H22N2O4. The Morgan fingerprint density at radius 3 is 2.08 bits per heavy atom. The minimum Gasteiger partial charge on any atom is -0.445 e. The van der Waals surface area contributed by atoms with Crippen LogP contribution in [0.1, 0.15) is 18.1 Å². The number of hydrogen-bond donors (Lipinski definition) is 2. The van der Waals surface area contributed by atoms with Crippen LogP contribution in [0.3, 0.4) is 0 Å². The molecule has 0 aliphatic rings. The van der Waals surface area contributed by atoms with E-state index in [0.717, 1.165) is 11.1 Å². The highest BCUT2D eigenvalue weighted by Gasteiger charge is 2.22. The first-order valence-corrected chi connectivity index (χ1v) is 8.33. The molecule has 2 aromatic rings. The van der Waals surface area contributed by atoms with Gasteiger partial charge in [-0.2, -0.15) is 0 Å². The lowest BCUT2D eigenvalue weighted by molar-refractivity contribution is -0.125. The molecule has 0 spiro atoms. The van der Waals surface area contributed by atoms with E-state index in [0.29, 0.717) is 6.42 Å². The van der Waals surface area contributed by atoms with Gasteiger partial charge in [-0.3, -0.25) is 9.59 Å². The second kappa shape index (κ2) is 9.98. The predicted molar refractivity (Wildman–Crippen MR) is 97.4 cm³/mol. The van der Waals surface area contributed by atoms with Gasteiger partial charge in [0.25, 0.3) is 0 Å². The van der Waals surface area contributed by atoms with E-state index in [1.54, 1.807) is 0 Å². The van der Waals surface area contributed by atoms with Gasteiger partial charge in [-0.05, 0) is 18.1 Å². The van der Waals surface area contributed by atoms with Crippen LogP contribution in [-0.2, 0) is 27.4 Å². The van der Waals surface area contributed by atoms with Crippen LogP contribution in [0, 0.1) is 0 Å². The van der Waals surface area contributed by atoms with Crippen molar-refractivity contribution in [2.45, 2.75) is 26.0 Å². The fourth-order valence-corrected chi connectivity index (χ4v) is 2.30. The molecule has 0 bridgehead atoms. The highest BCUT2D eigenvalue weighted by atomic mass is 16.5. The van der Waals surface area contributed by atoms with Crippen molar-refractivity contribution in [1.29, 1.82) is 0 Å². The lowest BCUT2D eigenvalue weighted by Crippen LogP contribution is -2.49. The minimum absolute atomic E-state index is 0.0785. The maximum absolute atomic E-state index is 12.3. The van der Waals surface area contributed by atoms with E-state index in [9.17, 15) is 14.4 Å². The number of rotatable bonds is 8. The molecule has 0 aliphatic heterocycles. The number of amides is 2. The van der Waals surface area contributed by atoms with Gasteiger partial charge in [-0.1, -0.05) is 60.7 Å². The van der Waals surface area contributed by atoms with E-state index in [4.69, 9.17) is 4.74 Å². The zero-order chi connectivity index (χ0) is 18.8. The fourth-order valence-electron chi connectivity index (χ4n) is 2.30. The second-order valence-electron chi connectivity index (χ2n) is 5.87. The second-order valence-corrected chi connectivity index (χ2v) is 5.87. The molecule has 0 radical (unpaired) electrons. The monoisotopic (exact) mass is 354 g/mol. The van der Waals surface area contributed by atoms with Crippen molar-refractivity contribution >= 4 is 17.8 Å². The van der Waals surface area contributed by atoms with Gasteiger partial charge in [0.15, 0.2) is 0 Å². The molecule has 6 heteroatoms. The summed E-state index contributed by atoms with van der Waals surface area (Å²) in [6, 6.07) is 17.7. The van der Waals surface area contributed by atoms with Crippen molar-refractivity contribution in [1.82, 2.24) is 10.6 Å². The zero-order valence-corrected chi connectivity index (χ0v) is 14.6. The molecule has 0 aromatic heterocycles. The first-order chi connectivity index (χ1) is 12.5. The molecule has 0 aliphatic carbocycles. The van der Waals surface area contributed by atoms with E-state index in [1.807, 2.05) is 60.7 Å². The van der Waals surface area contributed by atoms with Gasteiger partial charge in [0, 0.05) is 6.42 Å². The molecule has 26 heavy (non-hydrogen) atoms. The van der Waals surface area contributed by atoms with E-state index >= 15 is 0 Å². The van der Waals surface area contributed by atoms with Gasteiger partial charge in [0.1, 0.15) is 18.4 Å². The Hall–Kier alpha value is -3.15. The summed E-state index contributed by atoms with van der Waals surface area (Å²) in [5, 5.41) is 5.10. The number of carbonyl (C=O) groups is 3. The number of Topliss-reactive ketones (excluding diaryl/α,β-unsaturated/α-hetero) is 1. The first kappa shape index (κ1) is 19.2. The highest BCUT2D eigenvalue weighted by molar-refractivity contribution is 5.89. The molecule has 0 unspecified atom stereocenters. The molecule has 2 rings (SSSR count). The summed E-state index contributed by atoms with van der Waals surface area (Å²) < 4.78 is 5.18. The number of alkyl carbamates (subject to hydrolysis) is 1. The van der Waals surface area contributed by atoms with Gasteiger partial charge < -0.3 is 15.4 Å². The van der Waals surface area contributed by atoms with Crippen LogP contribution in [0.5, 0.6) is 0 Å². The molecule has 2 amide bonds. The maximum atomic E-state index is 12.3. The molecule has 2 N–H and O–H groups in total. The molecule has 0 saturated heterocycles. The first-order valence-electron chi connectivity index (χ1n) is 8.33. The standard InChI is InChI=1S/C20H22N2O4/c1-15(23)13-21-19(24)18(12-16-8-4-2-5-9-16)22-20(25)26-14-17-10-6-3-7-11-17/h2-11,18H,12-14H2,1H3,(H,21,24)(H,22,25)/t18-/m0/s1. The third-order valence-corrected chi connectivity index (χ3v) is 3.62. The quantitative estimate of drug-likeness (QED) is 0.761. The summed E-state index contributed by atoms with van der Waals surface area (Å²) in [6.07, 6.45) is -0.391. The molecule has 2 aromatic carbocycles. The number of benzene rings is 2. The van der Waals surface area contributed by atoms with Crippen LogP contribution >= 0.6 is 0 Å². The van der Waals surface area contributed by atoms with Crippen molar-refractivity contribution in [2.24, 2.45) is 0 Å². The normalized spacial score (nSPS) is 11.3. The number of carbonyl (C=O) groups excluding carboxylic acids is 3. The zero-order valence-electron chi connectivity index (χ0n) is 14.6. The third-order valence-electron chi connectivity index (χ3n) is 3.62. The minimum atomic E-state index is -0.833. The van der Waals surface area contributed by atoms with Crippen LogP contribution in [0.2, 0.25) is 0 Å². The van der Waals surface area contributed by atoms with Crippen molar-refractivity contribution in [3.8, 4) is 0 Å². The highest BCUT2D eigenvalue weighted by Crippen LogP contribution is 2.05. The Morgan fingerprint density at radius 2 is 1.50 bits per heavy atom. The summed E-state index contributed by atoms with van der Waals surface area (Å²) in [5.74, 6) is -0.593. The molecule has 0 heterocycles. The van der Waals surface area contributed by atoms with E-state index in [1.165, 1.54) is 6.92 Å². The summed E-state index contributed by atoms with van der Waals surface area (Å²) in [5.41, 5.74) is 1.74. The number of hydrogen-bond acceptors (Lipinski definition) is 4. The average Bonchev–Trinajstić information content (AvgIpc) is 2.65. The topological polar surface area (TPSA) is 84.5 Å². The van der Waals surface area contributed by atoms with E-state index < -0.39 is 18.0 Å². The van der Waals surface area contributed by atoms with Gasteiger partial charge >= 0.3 is 6.09 Å². The van der Waals surface area contributed by atoms with E-state index in [2.05, 4.69) is 10.6 Å². The van der Waals surface area contributed by atoms with Gasteiger partial charge in [0.2, 0.25) is 5.91 Å². The largest absolute Gasteiger partial charge is 0.445 e.